The first-order chi connectivity index (χ1) is 5.81. The molecule has 2 heterocycles. The molecule has 2 aromatic rings. The highest BCUT2D eigenvalue weighted by molar-refractivity contribution is 5.84. The number of pyridine rings is 1. The molecule has 0 saturated carbocycles. The molecule has 2 aromatic heterocycles. The first-order valence-corrected chi connectivity index (χ1v) is 3.56. The lowest BCUT2D eigenvalue weighted by atomic mass is 10.2. The number of rotatable bonds is 1. The Kier molecular flexibility index (Phi) is 1.40. The third-order valence-corrected chi connectivity index (χ3v) is 1.68. The van der Waals surface area contributed by atoms with Crippen molar-refractivity contribution in [2.75, 3.05) is 0 Å². The van der Waals surface area contributed by atoms with E-state index in [4.69, 9.17) is 0 Å². The maximum Gasteiger partial charge on any atom is 0.171 e. The molecule has 0 spiro atoms. The van der Waals surface area contributed by atoms with Gasteiger partial charge in [-0.3, -0.25) is 9.20 Å². The van der Waals surface area contributed by atoms with Gasteiger partial charge in [0.25, 0.3) is 0 Å². The maximum atomic E-state index is 10.6. The fraction of sp³-hybridized carbons (Fsp3) is 0.125. The fourth-order valence-corrected chi connectivity index (χ4v) is 1.20. The maximum absolute atomic E-state index is 10.6. The molecule has 0 radical (unpaired) electrons. The van der Waals surface area contributed by atoms with Crippen LogP contribution in [0.25, 0.3) is 5.65 Å². The predicted molar refractivity (Wildman–Crippen MR) is 43.1 cm³/mol. The highest BCUT2D eigenvalue weighted by Crippen LogP contribution is 2.07. The number of hydrogen-bond acceptors (Lipinski definition) is 3. The number of aldehydes is 1. The van der Waals surface area contributed by atoms with Crippen molar-refractivity contribution in [2.45, 2.75) is 6.92 Å². The number of aromatic nitrogens is 3. The molecule has 0 saturated heterocycles. The van der Waals surface area contributed by atoms with Crippen molar-refractivity contribution in [1.29, 1.82) is 0 Å². The van der Waals surface area contributed by atoms with Crippen LogP contribution in [-0.2, 0) is 0 Å². The van der Waals surface area contributed by atoms with E-state index in [0.717, 1.165) is 11.8 Å². The van der Waals surface area contributed by atoms with Gasteiger partial charge in [0.05, 0.1) is 5.56 Å². The van der Waals surface area contributed by atoms with E-state index in [1.54, 1.807) is 16.8 Å². The third kappa shape index (κ3) is 0.887. The normalized spacial score (nSPS) is 10.4. The Bertz CT molecular complexity index is 433. The van der Waals surface area contributed by atoms with Crippen LogP contribution in [0.2, 0.25) is 0 Å². The zero-order valence-electron chi connectivity index (χ0n) is 6.56. The van der Waals surface area contributed by atoms with Crippen LogP contribution in [0.3, 0.4) is 0 Å². The highest BCUT2D eigenvalue weighted by Gasteiger charge is 2.02. The molecule has 0 atom stereocenters. The van der Waals surface area contributed by atoms with Gasteiger partial charge in [-0.05, 0) is 18.6 Å². The Balaban J connectivity index is 2.88. The number of nitrogens with zero attached hydrogens (tertiary/aromatic N) is 3. The van der Waals surface area contributed by atoms with Crippen LogP contribution in [-0.4, -0.2) is 20.9 Å². The summed E-state index contributed by atoms with van der Waals surface area (Å²) >= 11 is 0. The van der Waals surface area contributed by atoms with Gasteiger partial charge >= 0.3 is 0 Å². The van der Waals surface area contributed by atoms with Gasteiger partial charge in [0.2, 0.25) is 0 Å². The molecule has 0 unspecified atom stereocenters. The van der Waals surface area contributed by atoms with Crippen molar-refractivity contribution < 1.29 is 4.79 Å². The Hall–Kier alpha value is -1.71. The summed E-state index contributed by atoms with van der Waals surface area (Å²) in [4.78, 5) is 10.6. The van der Waals surface area contributed by atoms with Crippen molar-refractivity contribution >= 4 is 11.9 Å². The smallest absolute Gasteiger partial charge is 0.171 e. The van der Waals surface area contributed by atoms with Gasteiger partial charge in [-0.25, -0.2) is 0 Å². The highest BCUT2D eigenvalue weighted by atomic mass is 16.1. The van der Waals surface area contributed by atoms with Gasteiger partial charge in [-0.2, -0.15) is 0 Å². The van der Waals surface area contributed by atoms with E-state index in [1.165, 1.54) is 0 Å². The average molecular weight is 161 g/mol. The zero-order chi connectivity index (χ0) is 8.55. The molecule has 4 nitrogen and oxygen atoms in total. The predicted octanol–water partition coefficient (Wildman–Crippen LogP) is 0.850. The van der Waals surface area contributed by atoms with Crippen molar-refractivity contribution in [2.24, 2.45) is 0 Å². The second-order valence-corrected chi connectivity index (χ2v) is 2.65. The van der Waals surface area contributed by atoms with Gasteiger partial charge in [0.15, 0.2) is 11.9 Å². The number of carbonyl (C=O) groups excluding carboxylic acids is 1. The molecule has 0 amide bonds. The summed E-state index contributed by atoms with van der Waals surface area (Å²) in [6.07, 6.45) is 4.24. The first-order valence-electron chi connectivity index (χ1n) is 3.56. The van der Waals surface area contributed by atoms with Crippen LogP contribution < -0.4 is 0 Å². The fourth-order valence-electron chi connectivity index (χ4n) is 1.20. The molecular weight excluding hydrogens is 154 g/mol. The lowest BCUT2D eigenvalue weighted by Crippen LogP contribution is -1.91. The number of aryl methyl sites for hydroxylation is 1. The van der Waals surface area contributed by atoms with Crippen molar-refractivity contribution in [3.05, 3.63) is 29.7 Å². The average Bonchev–Trinajstić information content (AvgIpc) is 2.50. The van der Waals surface area contributed by atoms with Gasteiger partial charge in [-0.1, -0.05) is 0 Å². The largest absolute Gasteiger partial charge is 0.298 e. The van der Waals surface area contributed by atoms with Gasteiger partial charge < -0.3 is 0 Å². The summed E-state index contributed by atoms with van der Waals surface area (Å²) in [6.45, 7) is 1.92. The summed E-state index contributed by atoms with van der Waals surface area (Å²) in [5.74, 6) is 0. The second-order valence-electron chi connectivity index (χ2n) is 2.65. The Labute approximate surface area is 68.8 Å². The van der Waals surface area contributed by atoms with E-state index in [2.05, 4.69) is 10.2 Å². The molecule has 60 valence electrons. The summed E-state index contributed by atoms with van der Waals surface area (Å²) in [5, 5.41) is 7.52. The minimum Gasteiger partial charge on any atom is -0.298 e. The van der Waals surface area contributed by atoms with Gasteiger partial charge in [0.1, 0.15) is 6.33 Å². The monoisotopic (exact) mass is 161 g/mol. The summed E-state index contributed by atoms with van der Waals surface area (Å²) in [6, 6.07) is 1.79. The van der Waals surface area contributed by atoms with Crippen LogP contribution >= 0.6 is 0 Å². The van der Waals surface area contributed by atoms with Gasteiger partial charge in [0, 0.05) is 6.20 Å². The second kappa shape index (κ2) is 2.41. The van der Waals surface area contributed by atoms with E-state index in [-0.39, 0.29) is 0 Å². The molecular formula is C8H7N3O. The van der Waals surface area contributed by atoms with Gasteiger partial charge in [-0.15, -0.1) is 10.2 Å². The van der Waals surface area contributed by atoms with Crippen molar-refractivity contribution in [1.82, 2.24) is 14.6 Å². The van der Waals surface area contributed by atoms with E-state index in [0.29, 0.717) is 11.2 Å². The third-order valence-electron chi connectivity index (χ3n) is 1.68. The lowest BCUT2D eigenvalue weighted by Gasteiger charge is -1.96. The molecule has 0 aliphatic heterocycles. The van der Waals surface area contributed by atoms with Crippen molar-refractivity contribution in [3.63, 3.8) is 0 Å². The topological polar surface area (TPSA) is 47.3 Å². The minimum atomic E-state index is 0.576. The summed E-state index contributed by atoms with van der Waals surface area (Å²) in [5.41, 5.74) is 2.20. The van der Waals surface area contributed by atoms with E-state index in [9.17, 15) is 4.79 Å². The first kappa shape index (κ1) is 6.97. The molecule has 4 heteroatoms. The minimum absolute atomic E-state index is 0.576. The molecule has 0 N–H and O–H groups in total. The number of carbonyl (C=O) groups is 1. The molecule has 0 bridgehead atoms. The molecule has 0 aliphatic rings. The molecule has 0 fully saturated rings. The molecule has 0 aliphatic carbocycles. The van der Waals surface area contributed by atoms with E-state index < -0.39 is 0 Å². The zero-order valence-corrected chi connectivity index (χ0v) is 6.56. The van der Waals surface area contributed by atoms with Crippen LogP contribution in [0.15, 0.2) is 18.6 Å². The Morgan fingerprint density at radius 2 is 2.42 bits per heavy atom. The van der Waals surface area contributed by atoms with Crippen molar-refractivity contribution in [3.8, 4) is 0 Å². The number of hydrogen-bond donors (Lipinski definition) is 0. The summed E-state index contributed by atoms with van der Waals surface area (Å²) in [7, 11) is 0. The molecule has 2 rings (SSSR count). The SMILES string of the molecule is Cc1cc(C=O)c2nncn2c1. The number of fused-ring (bicyclic) bond motifs is 1. The Morgan fingerprint density at radius 3 is 3.17 bits per heavy atom. The molecule has 0 aromatic carbocycles. The van der Waals surface area contributed by atoms with E-state index in [1.807, 2.05) is 13.1 Å². The molecule has 12 heavy (non-hydrogen) atoms. The van der Waals surface area contributed by atoms with Crippen LogP contribution in [0.5, 0.6) is 0 Å². The summed E-state index contributed by atoms with van der Waals surface area (Å²) < 4.78 is 1.74. The quantitative estimate of drug-likeness (QED) is 0.582. The van der Waals surface area contributed by atoms with E-state index >= 15 is 0 Å². The van der Waals surface area contributed by atoms with Crippen LogP contribution in [0.4, 0.5) is 0 Å². The van der Waals surface area contributed by atoms with Crippen LogP contribution in [0, 0.1) is 6.92 Å². The lowest BCUT2D eigenvalue weighted by molar-refractivity contribution is 0.112. The standard InChI is InChI=1S/C8H7N3O/c1-6-2-7(4-12)8-10-9-5-11(8)3-6/h2-5H,1H3. The Morgan fingerprint density at radius 1 is 1.58 bits per heavy atom. The van der Waals surface area contributed by atoms with Crippen LogP contribution in [0.1, 0.15) is 15.9 Å².